The van der Waals surface area contributed by atoms with Gasteiger partial charge < -0.3 is 20.1 Å². The topological polar surface area (TPSA) is 76.7 Å². The Morgan fingerprint density at radius 2 is 2.17 bits per heavy atom. The summed E-state index contributed by atoms with van der Waals surface area (Å²) in [6.45, 7) is 2.65. The van der Waals surface area contributed by atoms with E-state index in [1.165, 1.54) is 12.8 Å². The highest BCUT2D eigenvalue weighted by Crippen LogP contribution is 2.43. The monoisotopic (exact) mass is 332 g/mol. The van der Waals surface area contributed by atoms with Gasteiger partial charge in [0.05, 0.1) is 25.3 Å². The fourth-order valence-corrected chi connectivity index (χ4v) is 3.30. The van der Waals surface area contributed by atoms with Gasteiger partial charge in [-0.3, -0.25) is 9.59 Å². The summed E-state index contributed by atoms with van der Waals surface area (Å²) in [5, 5.41) is 5.71. The van der Waals surface area contributed by atoms with Crippen molar-refractivity contribution in [3.8, 4) is 5.75 Å². The van der Waals surface area contributed by atoms with Gasteiger partial charge in [0.1, 0.15) is 5.75 Å². The highest BCUT2D eigenvalue weighted by molar-refractivity contribution is 5.96. The predicted molar refractivity (Wildman–Crippen MR) is 89.0 cm³/mol. The molecule has 2 N–H and O–H groups in total. The van der Waals surface area contributed by atoms with Crippen LogP contribution in [-0.2, 0) is 9.53 Å². The molecular weight excluding hydrogens is 308 g/mol. The number of carbonyl (C=O) groups is 2. The largest absolute Gasteiger partial charge is 0.497 e. The van der Waals surface area contributed by atoms with Crippen LogP contribution in [0.2, 0.25) is 0 Å². The third kappa shape index (κ3) is 3.70. The van der Waals surface area contributed by atoms with Gasteiger partial charge in [-0.25, -0.2) is 0 Å². The summed E-state index contributed by atoms with van der Waals surface area (Å²) >= 11 is 0. The molecule has 1 aliphatic heterocycles. The molecule has 1 saturated heterocycles. The summed E-state index contributed by atoms with van der Waals surface area (Å²) in [6.07, 6.45) is 3.24. The average Bonchev–Trinajstić information content (AvgIpc) is 3.35. The van der Waals surface area contributed by atoms with Crippen LogP contribution in [0.15, 0.2) is 24.3 Å². The van der Waals surface area contributed by atoms with Gasteiger partial charge in [0.2, 0.25) is 5.91 Å². The lowest BCUT2D eigenvalue weighted by Crippen LogP contribution is -2.54. The molecule has 0 radical (unpaired) electrons. The molecule has 0 aromatic heterocycles. The van der Waals surface area contributed by atoms with E-state index in [-0.39, 0.29) is 30.0 Å². The molecule has 2 atom stereocenters. The zero-order chi connectivity index (χ0) is 17.2. The predicted octanol–water partition coefficient (Wildman–Crippen LogP) is 1.50. The van der Waals surface area contributed by atoms with E-state index in [1.54, 1.807) is 31.4 Å². The van der Waals surface area contributed by atoms with E-state index in [4.69, 9.17) is 9.47 Å². The number of methoxy groups -OCH3 is 1. The smallest absolute Gasteiger partial charge is 0.251 e. The van der Waals surface area contributed by atoms with E-state index in [1.807, 2.05) is 6.92 Å². The van der Waals surface area contributed by atoms with E-state index in [2.05, 4.69) is 10.6 Å². The van der Waals surface area contributed by atoms with Crippen LogP contribution >= 0.6 is 0 Å². The van der Waals surface area contributed by atoms with Crippen molar-refractivity contribution in [2.24, 2.45) is 5.92 Å². The summed E-state index contributed by atoms with van der Waals surface area (Å²) in [5.41, 5.74) is 0.132. The minimum Gasteiger partial charge on any atom is -0.497 e. The van der Waals surface area contributed by atoms with Crippen molar-refractivity contribution < 1.29 is 19.1 Å². The maximum atomic E-state index is 12.2. The fraction of sp³-hybridized carbons (Fsp3) is 0.556. The number of carbonyl (C=O) groups excluding carboxylic acids is 2. The Bertz CT molecular complexity index is 629. The third-order valence-corrected chi connectivity index (χ3v) is 4.76. The van der Waals surface area contributed by atoms with Crippen LogP contribution in [0.1, 0.15) is 36.5 Å². The molecule has 1 heterocycles. The van der Waals surface area contributed by atoms with E-state index in [0.29, 0.717) is 23.8 Å². The second-order valence-electron chi connectivity index (χ2n) is 6.76. The summed E-state index contributed by atoms with van der Waals surface area (Å²) in [5.74, 6) is 0.680. The number of amides is 2. The molecule has 3 rings (SSSR count). The second-order valence-corrected chi connectivity index (χ2v) is 6.76. The normalized spacial score (nSPS) is 26.0. The van der Waals surface area contributed by atoms with Crippen LogP contribution in [0, 0.1) is 5.92 Å². The molecule has 2 unspecified atom stereocenters. The lowest BCUT2D eigenvalue weighted by atomic mass is 9.90. The minimum absolute atomic E-state index is 0.0526. The van der Waals surface area contributed by atoms with Gasteiger partial charge in [0.25, 0.3) is 5.91 Å². The van der Waals surface area contributed by atoms with Crippen LogP contribution in [0.4, 0.5) is 0 Å². The fourth-order valence-electron chi connectivity index (χ4n) is 3.30. The molecule has 2 fully saturated rings. The number of nitrogens with one attached hydrogen (secondary N) is 2. The minimum atomic E-state index is -0.334. The van der Waals surface area contributed by atoms with Crippen molar-refractivity contribution in [1.29, 1.82) is 0 Å². The maximum Gasteiger partial charge on any atom is 0.251 e. The molecule has 1 saturated carbocycles. The van der Waals surface area contributed by atoms with Crippen molar-refractivity contribution >= 4 is 11.8 Å². The van der Waals surface area contributed by atoms with Gasteiger partial charge in [-0.05, 0) is 50.3 Å². The Morgan fingerprint density at radius 3 is 2.88 bits per heavy atom. The van der Waals surface area contributed by atoms with E-state index in [0.717, 1.165) is 6.42 Å². The Hall–Kier alpha value is -2.08. The Labute approximate surface area is 141 Å². The number of hydrogen-bond acceptors (Lipinski definition) is 4. The molecule has 0 spiro atoms. The first-order valence-corrected chi connectivity index (χ1v) is 8.37. The number of rotatable bonds is 6. The summed E-state index contributed by atoms with van der Waals surface area (Å²) in [6, 6.07) is 6.83. The number of hydrogen-bond donors (Lipinski definition) is 2. The zero-order valence-corrected chi connectivity index (χ0v) is 14.1. The van der Waals surface area contributed by atoms with Crippen molar-refractivity contribution in [2.45, 2.75) is 37.8 Å². The first kappa shape index (κ1) is 16.8. The van der Waals surface area contributed by atoms with Crippen LogP contribution < -0.4 is 15.4 Å². The van der Waals surface area contributed by atoms with Crippen molar-refractivity contribution in [3.63, 3.8) is 0 Å². The zero-order valence-electron chi connectivity index (χ0n) is 14.1. The van der Waals surface area contributed by atoms with E-state index in [9.17, 15) is 9.59 Å². The molecule has 130 valence electrons. The van der Waals surface area contributed by atoms with Crippen molar-refractivity contribution in [1.82, 2.24) is 10.6 Å². The first-order valence-electron chi connectivity index (χ1n) is 8.37. The summed E-state index contributed by atoms with van der Waals surface area (Å²) < 4.78 is 10.9. The van der Waals surface area contributed by atoms with Gasteiger partial charge in [0.15, 0.2) is 0 Å². The first-order chi connectivity index (χ1) is 11.5. The molecule has 6 heteroatoms. The molecule has 2 amide bonds. The Morgan fingerprint density at radius 1 is 1.38 bits per heavy atom. The molecule has 1 aliphatic carbocycles. The Kier molecular flexibility index (Phi) is 4.76. The Balaban J connectivity index is 1.52. The molecule has 1 aromatic rings. The number of ether oxygens (including phenoxy) is 2. The molecule has 24 heavy (non-hydrogen) atoms. The molecule has 1 aromatic carbocycles. The second kappa shape index (κ2) is 6.81. The van der Waals surface area contributed by atoms with Crippen LogP contribution in [0.25, 0.3) is 0 Å². The van der Waals surface area contributed by atoms with E-state index >= 15 is 0 Å². The molecule has 0 bridgehead atoms. The average molecular weight is 332 g/mol. The van der Waals surface area contributed by atoms with Gasteiger partial charge >= 0.3 is 0 Å². The maximum absolute atomic E-state index is 12.2. The van der Waals surface area contributed by atoms with Gasteiger partial charge in [-0.15, -0.1) is 0 Å². The number of benzene rings is 1. The van der Waals surface area contributed by atoms with Gasteiger partial charge in [-0.1, -0.05) is 6.07 Å². The molecule has 2 aliphatic rings. The summed E-state index contributed by atoms with van der Waals surface area (Å²) in [4.78, 5) is 24.4. The standard InChI is InChI=1S/C18H24N2O4/c1-18(8-9-24-16(18)12-6-7-12)20-15(21)11-19-17(22)13-4-3-5-14(10-13)23-2/h3-5,10,12,16H,6-9,11H2,1-2H3,(H,19,22)(H,20,21). The van der Waals surface area contributed by atoms with Crippen LogP contribution in [0.5, 0.6) is 5.75 Å². The van der Waals surface area contributed by atoms with Crippen LogP contribution in [0.3, 0.4) is 0 Å². The van der Waals surface area contributed by atoms with E-state index < -0.39 is 0 Å². The summed E-state index contributed by atoms with van der Waals surface area (Å²) in [7, 11) is 1.55. The lowest BCUT2D eigenvalue weighted by molar-refractivity contribution is -0.122. The SMILES string of the molecule is COc1cccc(C(=O)NCC(=O)NC2(C)CCOC2C2CC2)c1. The lowest BCUT2D eigenvalue weighted by Gasteiger charge is -2.31. The van der Waals surface area contributed by atoms with Crippen LogP contribution in [-0.4, -0.2) is 43.7 Å². The molecule has 6 nitrogen and oxygen atoms in total. The van der Waals surface area contributed by atoms with Gasteiger partial charge in [0, 0.05) is 12.2 Å². The third-order valence-electron chi connectivity index (χ3n) is 4.76. The van der Waals surface area contributed by atoms with Crippen molar-refractivity contribution in [2.75, 3.05) is 20.3 Å². The molecular formula is C18H24N2O4. The quantitative estimate of drug-likeness (QED) is 0.828. The van der Waals surface area contributed by atoms with Gasteiger partial charge in [-0.2, -0.15) is 0 Å². The van der Waals surface area contributed by atoms with Crippen molar-refractivity contribution in [3.05, 3.63) is 29.8 Å². The highest BCUT2D eigenvalue weighted by atomic mass is 16.5. The highest BCUT2D eigenvalue weighted by Gasteiger charge is 2.48.